The van der Waals surface area contributed by atoms with E-state index in [1.807, 2.05) is 13.8 Å². The van der Waals surface area contributed by atoms with Crippen molar-refractivity contribution in [1.29, 1.82) is 5.26 Å². The van der Waals surface area contributed by atoms with E-state index in [4.69, 9.17) is 11.0 Å². The highest BCUT2D eigenvalue weighted by Crippen LogP contribution is 2.18. The van der Waals surface area contributed by atoms with Gasteiger partial charge in [0.15, 0.2) is 0 Å². The summed E-state index contributed by atoms with van der Waals surface area (Å²) in [6, 6.07) is 3.56. The van der Waals surface area contributed by atoms with Crippen molar-refractivity contribution < 1.29 is 0 Å². The van der Waals surface area contributed by atoms with Crippen LogP contribution in [0.4, 0.5) is 0 Å². The number of aryl methyl sites for hydroxylation is 1. The van der Waals surface area contributed by atoms with E-state index >= 15 is 0 Å². The Hall–Kier alpha value is -1.87. The Bertz CT molecular complexity index is 578. The second-order valence-corrected chi connectivity index (χ2v) is 5.17. The van der Waals surface area contributed by atoms with Crippen LogP contribution in [0.2, 0.25) is 0 Å². The van der Waals surface area contributed by atoms with Crippen LogP contribution >= 0.6 is 0 Å². The van der Waals surface area contributed by atoms with Gasteiger partial charge in [-0.05, 0) is 33.2 Å². The van der Waals surface area contributed by atoms with Crippen molar-refractivity contribution in [3.63, 3.8) is 0 Å². The monoisotopic (exact) mass is 264 g/mol. The summed E-state index contributed by atoms with van der Waals surface area (Å²) in [4.78, 5) is 23.7. The zero-order valence-corrected chi connectivity index (χ0v) is 11.4. The number of hydrogen-bond acceptors (Lipinski definition) is 4. The third-order valence-electron chi connectivity index (χ3n) is 3.01. The second-order valence-electron chi connectivity index (χ2n) is 5.17. The number of aromatic nitrogens is 2. The second kappa shape index (κ2) is 6.34. The van der Waals surface area contributed by atoms with Gasteiger partial charge in [-0.25, -0.2) is 4.79 Å². The Morgan fingerprint density at radius 1 is 1.37 bits per heavy atom. The van der Waals surface area contributed by atoms with Crippen LogP contribution in [0.5, 0.6) is 0 Å². The first kappa shape index (κ1) is 15.2. The van der Waals surface area contributed by atoms with Crippen molar-refractivity contribution >= 4 is 0 Å². The summed E-state index contributed by atoms with van der Waals surface area (Å²) in [5.74, 6) is 0. The fraction of sp³-hybridized carbons (Fsp3) is 0.615. The van der Waals surface area contributed by atoms with Crippen LogP contribution in [-0.4, -0.2) is 15.7 Å². The molecule has 1 heterocycles. The van der Waals surface area contributed by atoms with Crippen molar-refractivity contribution in [2.75, 3.05) is 6.54 Å². The third kappa shape index (κ3) is 4.07. The lowest BCUT2D eigenvalue weighted by atomic mass is 9.91. The van der Waals surface area contributed by atoms with E-state index in [1.165, 1.54) is 21.4 Å². The van der Waals surface area contributed by atoms with Crippen molar-refractivity contribution in [3.05, 3.63) is 33.1 Å². The van der Waals surface area contributed by atoms with Crippen LogP contribution in [0, 0.1) is 16.7 Å². The van der Waals surface area contributed by atoms with Gasteiger partial charge in [0, 0.05) is 25.4 Å². The molecule has 1 rings (SSSR count). The van der Waals surface area contributed by atoms with Crippen LogP contribution in [0.3, 0.4) is 0 Å². The van der Waals surface area contributed by atoms with E-state index in [-0.39, 0.29) is 11.2 Å². The van der Waals surface area contributed by atoms with E-state index < -0.39 is 5.41 Å². The fourth-order valence-electron chi connectivity index (χ4n) is 1.64. The predicted octanol–water partition coefficient (Wildman–Crippen LogP) is 0.299. The van der Waals surface area contributed by atoms with Crippen molar-refractivity contribution in [2.24, 2.45) is 11.1 Å². The molecule has 0 atom stereocenters. The van der Waals surface area contributed by atoms with Crippen LogP contribution in [0.1, 0.15) is 26.7 Å². The molecule has 0 aliphatic heterocycles. The molecule has 0 aliphatic rings. The SMILES string of the molecule is CC(C)(C#N)CCn1ccc(=O)n(CCCN)c1=O. The van der Waals surface area contributed by atoms with E-state index in [0.29, 0.717) is 32.5 Å². The van der Waals surface area contributed by atoms with Gasteiger partial charge in [0.05, 0.1) is 11.5 Å². The quantitative estimate of drug-likeness (QED) is 0.799. The largest absolute Gasteiger partial charge is 0.330 e. The minimum absolute atomic E-state index is 0.311. The molecule has 6 heteroatoms. The molecule has 1 aromatic rings. The van der Waals surface area contributed by atoms with Crippen LogP contribution < -0.4 is 17.0 Å². The maximum Gasteiger partial charge on any atom is 0.330 e. The van der Waals surface area contributed by atoms with Gasteiger partial charge in [-0.1, -0.05) is 0 Å². The van der Waals surface area contributed by atoms with Crippen LogP contribution in [0.15, 0.2) is 21.9 Å². The van der Waals surface area contributed by atoms with E-state index in [9.17, 15) is 9.59 Å². The lowest BCUT2D eigenvalue weighted by Crippen LogP contribution is -2.39. The summed E-state index contributed by atoms with van der Waals surface area (Å²) in [6.45, 7) is 4.83. The van der Waals surface area contributed by atoms with Gasteiger partial charge >= 0.3 is 5.69 Å². The molecule has 0 unspecified atom stereocenters. The van der Waals surface area contributed by atoms with Crippen LogP contribution in [-0.2, 0) is 13.1 Å². The highest BCUT2D eigenvalue weighted by Gasteiger charge is 2.17. The number of rotatable bonds is 6. The molecule has 104 valence electrons. The average Bonchev–Trinajstić information content (AvgIpc) is 2.38. The maximum atomic E-state index is 12.1. The molecule has 0 fully saturated rings. The standard InChI is InChI=1S/C13H20N4O2/c1-13(2,10-15)5-9-16-8-4-11(18)17(12(16)19)7-3-6-14/h4,8H,3,5-7,9,14H2,1-2H3. The first-order valence-electron chi connectivity index (χ1n) is 6.33. The lowest BCUT2D eigenvalue weighted by molar-refractivity contribution is 0.399. The Morgan fingerprint density at radius 2 is 2.05 bits per heavy atom. The summed E-state index contributed by atoms with van der Waals surface area (Å²) >= 11 is 0. The lowest BCUT2D eigenvalue weighted by Gasteiger charge is -2.16. The smallest absolute Gasteiger partial charge is 0.330 e. The molecule has 0 saturated heterocycles. The minimum atomic E-state index is -0.488. The number of nitrogens with two attached hydrogens (primary N) is 1. The highest BCUT2D eigenvalue weighted by atomic mass is 16.2. The predicted molar refractivity (Wildman–Crippen MR) is 72.6 cm³/mol. The number of nitriles is 1. The zero-order chi connectivity index (χ0) is 14.5. The molecule has 0 spiro atoms. The topological polar surface area (TPSA) is 93.8 Å². The molecular weight excluding hydrogens is 244 g/mol. The molecule has 19 heavy (non-hydrogen) atoms. The maximum absolute atomic E-state index is 12.1. The Kier molecular flexibility index (Phi) is 5.07. The minimum Gasteiger partial charge on any atom is -0.330 e. The Morgan fingerprint density at radius 3 is 2.63 bits per heavy atom. The first-order chi connectivity index (χ1) is 8.91. The van der Waals surface area contributed by atoms with Gasteiger partial charge in [-0.2, -0.15) is 5.26 Å². The van der Waals surface area contributed by atoms with Crippen LogP contribution in [0.25, 0.3) is 0 Å². The van der Waals surface area contributed by atoms with E-state index in [1.54, 1.807) is 0 Å². The van der Waals surface area contributed by atoms with Crippen molar-refractivity contribution in [3.8, 4) is 6.07 Å². The van der Waals surface area contributed by atoms with Gasteiger partial charge in [0.25, 0.3) is 5.56 Å². The summed E-state index contributed by atoms with van der Waals surface area (Å²) in [7, 11) is 0. The normalized spacial score (nSPS) is 11.3. The van der Waals surface area contributed by atoms with Gasteiger partial charge in [0.1, 0.15) is 0 Å². The average molecular weight is 264 g/mol. The highest BCUT2D eigenvalue weighted by molar-refractivity contribution is 4.93. The zero-order valence-electron chi connectivity index (χ0n) is 11.4. The molecule has 2 N–H and O–H groups in total. The number of nitrogens with zero attached hydrogens (tertiary/aromatic N) is 3. The van der Waals surface area contributed by atoms with Gasteiger partial charge in [0.2, 0.25) is 0 Å². The van der Waals surface area contributed by atoms with E-state index in [2.05, 4.69) is 6.07 Å². The fourth-order valence-corrected chi connectivity index (χ4v) is 1.64. The molecule has 0 bridgehead atoms. The van der Waals surface area contributed by atoms with Crippen molar-refractivity contribution in [1.82, 2.24) is 9.13 Å². The molecule has 1 aromatic heterocycles. The van der Waals surface area contributed by atoms with Crippen molar-refractivity contribution in [2.45, 2.75) is 39.8 Å². The Labute approximate surface area is 112 Å². The molecule has 0 saturated carbocycles. The van der Waals surface area contributed by atoms with Gasteiger partial charge in [-0.3, -0.25) is 9.36 Å². The molecule has 0 aliphatic carbocycles. The summed E-state index contributed by atoms with van der Waals surface area (Å²) in [6.07, 6.45) is 2.62. The summed E-state index contributed by atoms with van der Waals surface area (Å²) in [5.41, 5.74) is 4.25. The number of hydrogen-bond donors (Lipinski definition) is 1. The van der Waals surface area contributed by atoms with Gasteiger partial charge < -0.3 is 10.3 Å². The molecule has 0 aromatic carbocycles. The molecule has 0 radical (unpaired) electrons. The summed E-state index contributed by atoms with van der Waals surface area (Å²) in [5, 5.41) is 8.95. The summed E-state index contributed by atoms with van der Waals surface area (Å²) < 4.78 is 2.66. The molecule has 0 amide bonds. The molecular formula is C13H20N4O2. The molecule has 6 nitrogen and oxygen atoms in total. The van der Waals surface area contributed by atoms with Gasteiger partial charge in [-0.15, -0.1) is 0 Å². The van der Waals surface area contributed by atoms with E-state index in [0.717, 1.165) is 0 Å². The first-order valence-corrected chi connectivity index (χ1v) is 6.33. The third-order valence-corrected chi connectivity index (χ3v) is 3.01. The Balaban J connectivity index is 2.96.